The Labute approximate surface area is 114 Å². The monoisotopic (exact) mass is 346 g/mol. The summed E-state index contributed by atoms with van der Waals surface area (Å²) in [6.07, 6.45) is 7.02. The van der Waals surface area contributed by atoms with Gasteiger partial charge in [0.2, 0.25) is 0 Å². The summed E-state index contributed by atoms with van der Waals surface area (Å²) in [7, 11) is 0. The molecule has 1 heterocycles. The van der Waals surface area contributed by atoms with Crippen LogP contribution in [0.15, 0.2) is 22.8 Å². The van der Waals surface area contributed by atoms with Crippen LogP contribution in [0, 0.1) is 0 Å². The quantitative estimate of drug-likeness (QED) is 0.749. The first kappa shape index (κ1) is 12.4. The minimum Gasteiger partial charge on any atom is -0.353 e. The molecule has 1 aromatic heterocycles. The van der Waals surface area contributed by atoms with Gasteiger partial charge in [0.15, 0.2) is 0 Å². The maximum atomic E-state index is 4.50. The van der Waals surface area contributed by atoms with Gasteiger partial charge >= 0.3 is 0 Å². The lowest BCUT2D eigenvalue weighted by Crippen LogP contribution is -2.41. The van der Waals surface area contributed by atoms with E-state index in [4.69, 9.17) is 0 Å². The molecule has 1 aliphatic rings. The second kappa shape index (κ2) is 6.01. The normalized spacial score (nSPS) is 15.9. The third kappa shape index (κ3) is 2.77. The Kier molecular flexibility index (Phi) is 4.65. The summed E-state index contributed by atoms with van der Waals surface area (Å²) in [4.78, 5) is 6.95. The fourth-order valence-corrected chi connectivity index (χ4v) is 2.71. The van der Waals surface area contributed by atoms with Crippen LogP contribution in [-0.2, 0) is 0 Å². The summed E-state index contributed by atoms with van der Waals surface area (Å²) < 4.78 is 1.11. The van der Waals surface area contributed by atoms with E-state index in [-0.39, 0.29) is 0 Å². The van der Waals surface area contributed by atoms with Crippen molar-refractivity contribution >= 4 is 37.7 Å². The highest BCUT2D eigenvalue weighted by Crippen LogP contribution is 2.32. The molecular formula is C12H16Br2N2. The summed E-state index contributed by atoms with van der Waals surface area (Å²) in [5, 5.41) is 1.06. The van der Waals surface area contributed by atoms with Gasteiger partial charge in [-0.25, -0.2) is 4.98 Å². The fraction of sp³-hybridized carbons (Fsp3) is 0.583. The van der Waals surface area contributed by atoms with Crippen molar-refractivity contribution in [2.24, 2.45) is 0 Å². The van der Waals surface area contributed by atoms with Crippen molar-refractivity contribution in [3.05, 3.63) is 22.8 Å². The molecule has 0 radical (unpaired) electrons. The summed E-state index contributed by atoms with van der Waals surface area (Å²) in [6.45, 7) is 1.09. The molecule has 2 rings (SSSR count). The Hall–Kier alpha value is -0.0900. The van der Waals surface area contributed by atoms with E-state index >= 15 is 0 Å². The molecule has 0 saturated heterocycles. The molecule has 0 bridgehead atoms. The second-order valence-corrected chi connectivity index (χ2v) is 5.78. The van der Waals surface area contributed by atoms with Gasteiger partial charge in [0.1, 0.15) is 5.82 Å². The number of rotatable bonds is 5. The van der Waals surface area contributed by atoms with Gasteiger partial charge in [-0.15, -0.1) is 0 Å². The topological polar surface area (TPSA) is 16.1 Å². The summed E-state index contributed by atoms with van der Waals surface area (Å²) in [5.74, 6) is 1.10. The van der Waals surface area contributed by atoms with Crippen molar-refractivity contribution in [1.82, 2.24) is 4.98 Å². The smallest absolute Gasteiger partial charge is 0.143 e. The van der Waals surface area contributed by atoms with E-state index < -0.39 is 0 Å². The van der Waals surface area contributed by atoms with Crippen LogP contribution in [0.25, 0.3) is 0 Å². The summed E-state index contributed by atoms with van der Waals surface area (Å²) >= 11 is 7.09. The van der Waals surface area contributed by atoms with Gasteiger partial charge in [0, 0.05) is 24.1 Å². The Morgan fingerprint density at radius 3 is 2.81 bits per heavy atom. The number of anilines is 1. The first-order valence-electron chi connectivity index (χ1n) is 5.76. The van der Waals surface area contributed by atoms with Crippen molar-refractivity contribution in [2.45, 2.75) is 31.7 Å². The zero-order valence-corrected chi connectivity index (χ0v) is 12.4. The number of nitrogens with zero attached hydrogens (tertiary/aromatic N) is 2. The molecule has 0 N–H and O–H groups in total. The lowest BCUT2D eigenvalue weighted by molar-refractivity contribution is 0.384. The number of pyridine rings is 1. The van der Waals surface area contributed by atoms with Crippen molar-refractivity contribution < 1.29 is 0 Å². The van der Waals surface area contributed by atoms with E-state index in [1.807, 2.05) is 12.3 Å². The molecule has 4 heteroatoms. The van der Waals surface area contributed by atoms with Crippen molar-refractivity contribution in [2.75, 3.05) is 16.8 Å². The predicted octanol–water partition coefficient (Wildman–Crippen LogP) is 3.99. The molecule has 0 atom stereocenters. The van der Waals surface area contributed by atoms with Gasteiger partial charge in [0.25, 0.3) is 0 Å². The van der Waals surface area contributed by atoms with Crippen LogP contribution in [0.4, 0.5) is 5.82 Å². The Bertz CT molecular complexity index is 340. The molecule has 0 aliphatic heterocycles. The second-order valence-electron chi connectivity index (χ2n) is 4.13. The average molecular weight is 348 g/mol. The largest absolute Gasteiger partial charge is 0.353 e. The maximum Gasteiger partial charge on any atom is 0.143 e. The number of hydrogen-bond acceptors (Lipinski definition) is 2. The summed E-state index contributed by atoms with van der Waals surface area (Å²) in [6, 6.07) is 4.74. The molecule has 0 amide bonds. The molecule has 0 unspecified atom stereocenters. The highest BCUT2D eigenvalue weighted by atomic mass is 79.9. The van der Waals surface area contributed by atoms with E-state index in [9.17, 15) is 0 Å². The van der Waals surface area contributed by atoms with Crippen molar-refractivity contribution in [3.63, 3.8) is 0 Å². The lowest BCUT2D eigenvalue weighted by Gasteiger charge is -2.38. The number of hydrogen-bond donors (Lipinski definition) is 0. The molecule has 1 aliphatic carbocycles. The lowest BCUT2D eigenvalue weighted by atomic mass is 9.91. The molecule has 1 fully saturated rings. The SMILES string of the molecule is BrCCCN(c1ncccc1Br)C1CCC1. The number of alkyl halides is 1. The highest BCUT2D eigenvalue weighted by molar-refractivity contribution is 9.10. The van der Waals surface area contributed by atoms with Gasteiger partial charge in [-0.2, -0.15) is 0 Å². The van der Waals surface area contributed by atoms with Gasteiger partial charge in [-0.1, -0.05) is 15.9 Å². The molecule has 1 aromatic rings. The molecule has 88 valence electrons. The van der Waals surface area contributed by atoms with Crippen LogP contribution in [0.1, 0.15) is 25.7 Å². The van der Waals surface area contributed by atoms with Crippen molar-refractivity contribution in [3.8, 4) is 0 Å². The van der Waals surface area contributed by atoms with E-state index in [1.54, 1.807) is 0 Å². The van der Waals surface area contributed by atoms with E-state index in [1.165, 1.54) is 25.7 Å². The third-order valence-electron chi connectivity index (χ3n) is 3.06. The van der Waals surface area contributed by atoms with Gasteiger partial charge in [-0.05, 0) is 53.7 Å². The first-order valence-corrected chi connectivity index (χ1v) is 7.67. The Morgan fingerprint density at radius 2 is 2.25 bits per heavy atom. The zero-order valence-electron chi connectivity index (χ0n) is 9.20. The van der Waals surface area contributed by atoms with E-state index in [0.29, 0.717) is 6.04 Å². The highest BCUT2D eigenvalue weighted by Gasteiger charge is 2.26. The number of aromatic nitrogens is 1. The third-order valence-corrected chi connectivity index (χ3v) is 4.24. The number of halogens is 2. The van der Waals surface area contributed by atoms with Crippen LogP contribution >= 0.6 is 31.9 Å². The minimum atomic E-state index is 0.699. The van der Waals surface area contributed by atoms with Gasteiger partial charge in [-0.3, -0.25) is 0 Å². The van der Waals surface area contributed by atoms with Crippen LogP contribution < -0.4 is 4.90 Å². The van der Waals surface area contributed by atoms with Gasteiger partial charge < -0.3 is 4.90 Å². The van der Waals surface area contributed by atoms with E-state index in [2.05, 4.69) is 47.8 Å². The van der Waals surface area contributed by atoms with Gasteiger partial charge in [0.05, 0.1) is 4.47 Å². The van der Waals surface area contributed by atoms with Crippen molar-refractivity contribution in [1.29, 1.82) is 0 Å². The first-order chi connectivity index (χ1) is 7.83. The fourth-order valence-electron chi connectivity index (χ4n) is 1.98. The Balaban J connectivity index is 2.13. The molecule has 0 spiro atoms. The van der Waals surface area contributed by atoms with Crippen LogP contribution in [0.2, 0.25) is 0 Å². The molecule has 1 saturated carbocycles. The average Bonchev–Trinajstić information content (AvgIpc) is 2.22. The standard InChI is InChI=1S/C12H16Br2N2/c13-7-3-9-16(10-4-1-5-10)12-11(14)6-2-8-15-12/h2,6,8,10H,1,3-5,7,9H2. The summed E-state index contributed by atoms with van der Waals surface area (Å²) in [5.41, 5.74) is 0. The van der Waals surface area contributed by atoms with E-state index in [0.717, 1.165) is 22.2 Å². The molecule has 2 nitrogen and oxygen atoms in total. The predicted molar refractivity (Wildman–Crippen MR) is 75.3 cm³/mol. The molecule has 0 aromatic carbocycles. The molecule has 16 heavy (non-hydrogen) atoms. The maximum absolute atomic E-state index is 4.50. The van der Waals surface area contributed by atoms with Crippen LogP contribution in [-0.4, -0.2) is 22.9 Å². The van der Waals surface area contributed by atoms with Crippen LogP contribution in [0.3, 0.4) is 0 Å². The molecular weight excluding hydrogens is 332 g/mol. The zero-order chi connectivity index (χ0) is 11.4. The minimum absolute atomic E-state index is 0.699. The Morgan fingerprint density at radius 1 is 1.44 bits per heavy atom. The van der Waals surface area contributed by atoms with Crippen LogP contribution in [0.5, 0.6) is 0 Å².